The van der Waals surface area contributed by atoms with E-state index in [1.807, 2.05) is 0 Å². The summed E-state index contributed by atoms with van der Waals surface area (Å²) in [5, 5.41) is 2.56. The molecule has 0 saturated carbocycles. The second kappa shape index (κ2) is 9.92. The average molecular weight is 489 g/mol. The van der Waals surface area contributed by atoms with Gasteiger partial charge < -0.3 is 19.5 Å². The Balaban J connectivity index is 1.38. The molecule has 1 amide bonds. The minimum atomic E-state index is -3.74. The number of rotatable bonds is 6. The van der Waals surface area contributed by atoms with Crippen LogP contribution in [-0.4, -0.2) is 69.1 Å². The number of carbonyl (C=O) groups is 3. The highest BCUT2D eigenvalue weighted by molar-refractivity contribution is 7.89. The summed E-state index contributed by atoms with van der Waals surface area (Å²) in [6.45, 7) is 2.52. The molecule has 2 aliphatic rings. The molecule has 0 radical (unpaired) electrons. The number of hydrogen-bond acceptors (Lipinski definition) is 8. The van der Waals surface area contributed by atoms with Crippen molar-refractivity contribution in [1.29, 1.82) is 0 Å². The predicted octanol–water partition coefficient (Wildman–Crippen LogP) is 1.36. The molecule has 4 rings (SSSR count). The van der Waals surface area contributed by atoms with E-state index in [1.165, 1.54) is 35.5 Å². The summed E-state index contributed by atoms with van der Waals surface area (Å²) in [5.41, 5.74) is 1.29. The van der Waals surface area contributed by atoms with Gasteiger partial charge in [-0.1, -0.05) is 24.3 Å². The number of ether oxygens (including phenoxy) is 3. The molecule has 2 heterocycles. The molecule has 10 nitrogen and oxygen atoms in total. The van der Waals surface area contributed by atoms with Gasteiger partial charge >= 0.3 is 11.9 Å². The van der Waals surface area contributed by atoms with Gasteiger partial charge in [0.1, 0.15) is 0 Å². The molecule has 11 heteroatoms. The number of nitrogens with zero attached hydrogens (tertiary/aromatic N) is 1. The zero-order valence-electron chi connectivity index (χ0n) is 18.4. The zero-order chi connectivity index (χ0) is 24.3. The van der Waals surface area contributed by atoms with Gasteiger partial charge in [-0.05, 0) is 36.8 Å². The van der Waals surface area contributed by atoms with E-state index in [4.69, 9.17) is 14.2 Å². The van der Waals surface area contributed by atoms with Gasteiger partial charge in [0.25, 0.3) is 5.91 Å². The van der Waals surface area contributed by atoms with Crippen molar-refractivity contribution in [2.45, 2.75) is 30.4 Å². The summed E-state index contributed by atoms with van der Waals surface area (Å²) in [4.78, 5) is 37.2. The number of benzene rings is 2. The van der Waals surface area contributed by atoms with E-state index in [1.54, 1.807) is 24.3 Å². The van der Waals surface area contributed by atoms with Crippen molar-refractivity contribution < 1.29 is 37.0 Å². The lowest BCUT2D eigenvalue weighted by Gasteiger charge is -2.26. The van der Waals surface area contributed by atoms with Gasteiger partial charge in [0, 0.05) is 25.2 Å². The Morgan fingerprint density at radius 2 is 1.85 bits per heavy atom. The normalized spacial score (nSPS) is 19.4. The molecule has 180 valence electrons. The monoisotopic (exact) mass is 488 g/mol. The van der Waals surface area contributed by atoms with E-state index in [9.17, 15) is 22.8 Å². The summed E-state index contributed by atoms with van der Waals surface area (Å²) >= 11 is 0. The van der Waals surface area contributed by atoms with Crippen molar-refractivity contribution in [3.63, 3.8) is 0 Å². The van der Waals surface area contributed by atoms with E-state index in [0.717, 1.165) is 0 Å². The van der Waals surface area contributed by atoms with Crippen molar-refractivity contribution in [1.82, 2.24) is 4.31 Å². The molecule has 1 fully saturated rings. The van der Waals surface area contributed by atoms with E-state index in [-0.39, 0.29) is 30.1 Å². The minimum absolute atomic E-state index is 0.0321. The van der Waals surface area contributed by atoms with Crippen LogP contribution >= 0.6 is 0 Å². The van der Waals surface area contributed by atoms with E-state index in [0.29, 0.717) is 24.3 Å². The first-order valence-electron chi connectivity index (χ1n) is 10.7. The number of sulfonamides is 1. The highest BCUT2D eigenvalue weighted by Crippen LogP contribution is 2.23. The Hall–Kier alpha value is -3.28. The van der Waals surface area contributed by atoms with Crippen molar-refractivity contribution in [3.8, 4) is 0 Å². The maximum Gasteiger partial charge on any atom is 0.348 e. The minimum Gasteiger partial charge on any atom is -0.450 e. The summed E-state index contributed by atoms with van der Waals surface area (Å²) in [6, 6.07) is 12.6. The van der Waals surface area contributed by atoms with Crippen LogP contribution in [-0.2, 0) is 40.2 Å². The number of nitrogens with one attached hydrogen (secondary N) is 1. The van der Waals surface area contributed by atoms with Crippen LogP contribution in [0.3, 0.4) is 0 Å². The summed E-state index contributed by atoms with van der Waals surface area (Å²) in [5.74, 6) is -2.12. The van der Waals surface area contributed by atoms with Crippen LogP contribution in [0.25, 0.3) is 0 Å². The van der Waals surface area contributed by atoms with E-state index < -0.39 is 40.1 Å². The number of morpholine rings is 1. The number of anilines is 1. The first kappa shape index (κ1) is 23.9. The molecule has 0 bridgehead atoms. The fraction of sp³-hybridized carbons (Fsp3) is 0.348. The van der Waals surface area contributed by atoms with Crippen LogP contribution in [0, 0.1) is 0 Å². The maximum atomic E-state index is 12.8. The first-order chi connectivity index (χ1) is 16.3. The number of carbonyl (C=O) groups excluding carboxylic acids is 3. The maximum absolute atomic E-state index is 12.8. The fourth-order valence-corrected chi connectivity index (χ4v) is 5.14. The number of esters is 2. The quantitative estimate of drug-likeness (QED) is 0.604. The highest BCUT2D eigenvalue weighted by atomic mass is 32.2. The number of amides is 1. The first-order valence-corrected chi connectivity index (χ1v) is 12.2. The van der Waals surface area contributed by atoms with Gasteiger partial charge in [-0.3, -0.25) is 4.79 Å². The van der Waals surface area contributed by atoms with Gasteiger partial charge in [-0.25, -0.2) is 18.0 Å². The van der Waals surface area contributed by atoms with Crippen LogP contribution in [0.15, 0.2) is 53.4 Å². The Kier molecular flexibility index (Phi) is 6.96. The lowest BCUT2D eigenvalue weighted by atomic mass is 9.99. The molecule has 2 aromatic carbocycles. The second-order valence-electron chi connectivity index (χ2n) is 7.87. The number of cyclic esters (lactones) is 1. The van der Waals surface area contributed by atoms with Gasteiger partial charge in [0.05, 0.1) is 23.7 Å². The predicted molar refractivity (Wildman–Crippen MR) is 120 cm³/mol. The Morgan fingerprint density at radius 3 is 2.62 bits per heavy atom. The van der Waals surface area contributed by atoms with E-state index >= 15 is 0 Å². The average Bonchev–Trinajstić information content (AvgIpc) is 2.84. The van der Waals surface area contributed by atoms with Crippen molar-refractivity contribution in [2.24, 2.45) is 0 Å². The van der Waals surface area contributed by atoms with Crippen molar-refractivity contribution >= 4 is 33.6 Å². The highest BCUT2D eigenvalue weighted by Gasteiger charge is 2.34. The molecular weight excluding hydrogens is 464 g/mol. The van der Waals surface area contributed by atoms with Gasteiger partial charge in [0.15, 0.2) is 6.10 Å². The lowest BCUT2D eigenvalue weighted by Crippen LogP contribution is -2.40. The summed E-state index contributed by atoms with van der Waals surface area (Å²) < 4.78 is 42.6. The smallest absolute Gasteiger partial charge is 0.348 e. The Morgan fingerprint density at radius 1 is 1.12 bits per heavy atom. The molecular formula is C23H24N2O8S. The largest absolute Gasteiger partial charge is 0.450 e. The van der Waals surface area contributed by atoms with Gasteiger partial charge in [0.2, 0.25) is 16.1 Å². The molecule has 34 heavy (non-hydrogen) atoms. The molecule has 0 unspecified atom stereocenters. The van der Waals surface area contributed by atoms with E-state index in [2.05, 4.69) is 5.32 Å². The number of fused-ring (bicyclic) bond motifs is 1. The molecule has 0 spiro atoms. The molecule has 0 aromatic heterocycles. The molecule has 1 saturated heterocycles. The molecule has 2 atom stereocenters. The third-order valence-corrected chi connectivity index (χ3v) is 7.42. The topological polar surface area (TPSA) is 128 Å². The van der Waals surface area contributed by atoms with Gasteiger partial charge in [-0.15, -0.1) is 0 Å². The standard InChI is InChI=1S/C23H24N2O8S/c1-15(32-23(28)20-13-16-5-2-3-8-19(16)22(27)33-20)21(26)24-17-6-4-7-18(14-17)34(29,30)25-9-11-31-12-10-25/h2-8,14-15,20H,9-13H2,1H3,(H,24,26)/t15-,20+/m1/s1. The van der Waals surface area contributed by atoms with Crippen LogP contribution < -0.4 is 5.32 Å². The molecule has 0 aliphatic carbocycles. The Bertz CT molecular complexity index is 1210. The third kappa shape index (κ3) is 5.11. The molecule has 1 N–H and O–H groups in total. The SMILES string of the molecule is C[C@@H](OC(=O)[C@@H]1Cc2ccccc2C(=O)O1)C(=O)Nc1cccc(S(=O)(=O)N2CCOCC2)c1. The fourth-order valence-electron chi connectivity index (χ4n) is 3.68. The van der Waals surface area contributed by atoms with Crippen LogP contribution in [0.1, 0.15) is 22.8 Å². The summed E-state index contributed by atoms with van der Waals surface area (Å²) in [7, 11) is -3.74. The number of hydrogen-bond donors (Lipinski definition) is 1. The molecule has 2 aliphatic heterocycles. The van der Waals surface area contributed by atoms with Gasteiger partial charge in [-0.2, -0.15) is 4.31 Å². The second-order valence-corrected chi connectivity index (χ2v) is 9.81. The van der Waals surface area contributed by atoms with Crippen molar-refractivity contribution in [2.75, 3.05) is 31.6 Å². The Labute approximate surface area is 196 Å². The molecule has 2 aromatic rings. The third-order valence-electron chi connectivity index (χ3n) is 5.53. The van der Waals surface area contributed by atoms with Crippen LogP contribution in [0.4, 0.5) is 5.69 Å². The summed E-state index contributed by atoms with van der Waals surface area (Å²) in [6.07, 6.45) is -2.21. The lowest BCUT2D eigenvalue weighted by molar-refractivity contribution is -0.162. The zero-order valence-corrected chi connectivity index (χ0v) is 19.2. The van der Waals surface area contributed by atoms with Crippen LogP contribution in [0.2, 0.25) is 0 Å². The van der Waals surface area contributed by atoms with Crippen LogP contribution in [0.5, 0.6) is 0 Å². The van der Waals surface area contributed by atoms with Crippen molar-refractivity contribution in [3.05, 3.63) is 59.7 Å².